The first-order valence-corrected chi connectivity index (χ1v) is 7.53. The number of methoxy groups -OCH3 is 1. The van der Waals surface area contributed by atoms with E-state index in [-0.39, 0.29) is 5.97 Å². The van der Waals surface area contributed by atoms with Gasteiger partial charge in [-0.1, -0.05) is 60.7 Å². The fourth-order valence-electron chi connectivity index (χ4n) is 3.65. The Hall–Kier alpha value is -2.62. The summed E-state index contributed by atoms with van der Waals surface area (Å²) in [6.07, 6.45) is 0. The molecule has 0 bridgehead atoms. The maximum Gasteiger partial charge on any atom is 0.309 e. The first-order valence-electron chi connectivity index (χ1n) is 7.53. The summed E-state index contributed by atoms with van der Waals surface area (Å²) in [4.78, 5) is 24.0. The Balaban J connectivity index is 2.05. The van der Waals surface area contributed by atoms with Crippen LogP contribution in [0.25, 0.3) is 0 Å². The maximum atomic E-state index is 12.3. The van der Waals surface area contributed by atoms with Gasteiger partial charge in [0.2, 0.25) is 0 Å². The molecule has 0 unspecified atom stereocenters. The van der Waals surface area contributed by atoms with Crippen molar-refractivity contribution >= 4 is 11.9 Å². The number of hydrogen-bond donors (Lipinski definition) is 0. The Morgan fingerprint density at radius 2 is 1.26 bits per heavy atom. The third-order valence-corrected chi connectivity index (χ3v) is 4.66. The minimum Gasteiger partial charge on any atom is -0.550 e. The zero-order valence-corrected chi connectivity index (χ0v) is 12.7. The van der Waals surface area contributed by atoms with Crippen LogP contribution in [-0.4, -0.2) is 19.0 Å². The van der Waals surface area contributed by atoms with E-state index in [1.165, 1.54) is 7.11 Å². The number of carbonyl (C=O) groups excluding carboxylic acids is 2. The van der Waals surface area contributed by atoms with E-state index >= 15 is 0 Å². The molecule has 1 saturated carbocycles. The summed E-state index contributed by atoms with van der Waals surface area (Å²) in [5.41, 5.74) is 1.65. The molecule has 0 aliphatic heterocycles. The van der Waals surface area contributed by atoms with Crippen LogP contribution in [0.2, 0.25) is 0 Å². The van der Waals surface area contributed by atoms with E-state index in [1.54, 1.807) is 0 Å². The van der Waals surface area contributed by atoms with Gasteiger partial charge in [-0.25, -0.2) is 0 Å². The lowest BCUT2D eigenvalue weighted by molar-refractivity contribution is -0.317. The number of esters is 1. The van der Waals surface area contributed by atoms with Crippen LogP contribution < -0.4 is 5.11 Å². The molecule has 0 aromatic heterocycles. The van der Waals surface area contributed by atoms with Crippen molar-refractivity contribution in [3.8, 4) is 0 Å². The molecule has 2 atom stereocenters. The standard InChI is InChI=1S/C19H18O4/c1-23-19(22)17-14(12-8-4-2-5-9-12)16(18(20)21)15(17)13-10-6-3-7-11-13/h2-11,14-17H,1H3,(H,20,21)/p-1/t14-,15-,16?,17?/m0/s1. The number of carboxylic acids is 1. The van der Waals surface area contributed by atoms with E-state index in [4.69, 9.17) is 4.74 Å². The van der Waals surface area contributed by atoms with Crippen molar-refractivity contribution in [1.82, 2.24) is 0 Å². The second kappa shape index (κ2) is 6.24. The van der Waals surface area contributed by atoms with Crippen LogP contribution >= 0.6 is 0 Å². The van der Waals surface area contributed by atoms with Gasteiger partial charge in [0, 0.05) is 23.7 Å². The summed E-state index contributed by atoms with van der Waals surface area (Å²) in [7, 11) is 1.33. The van der Waals surface area contributed by atoms with Gasteiger partial charge in [0.25, 0.3) is 0 Å². The fraction of sp³-hybridized carbons (Fsp3) is 0.263. The summed E-state index contributed by atoms with van der Waals surface area (Å²) in [6, 6.07) is 18.5. The molecule has 0 radical (unpaired) electrons. The molecule has 0 amide bonds. The van der Waals surface area contributed by atoms with Gasteiger partial charge >= 0.3 is 5.97 Å². The molecule has 0 N–H and O–H groups in total. The highest BCUT2D eigenvalue weighted by atomic mass is 16.5. The lowest BCUT2D eigenvalue weighted by Crippen LogP contribution is -2.55. The first kappa shape index (κ1) is 15.3. The second-order valence-electron chi connectivity index (χ2n) is 5.77. The topological polar surface area (TPSA) is 66.4 Å². The van der Waals surface area contributed by atoms with Crippen molar-refractivity contribution in [2.24, 2.45) is 11.8 Å². The number of ether oxygens (including phenoxy) is 1. The van der Waals surface area contributed by atoms with Crippen molar-refractivity contribution in [2.75, 3.05) is 7.11 Å². The Bertz CT molecular complexity index is 648. The van der Waals surface area contributed by atoms with Crippen molar-refractivity contribution in [3.05, 3.63) is 71.8 Å². The van der Waals surface area contributed by atoms with Crippen LogP contribution in [0.1, 0.15) is 23.0 Å². The minimum atomic E-state index is -1.13. The molecule has 3 rings (SSSR count). The number of carboxylic acid groups (broad SMARTS) is 1. The summed E-state index contributed by atoms with van der Waals surface area (Å²) in [6.45, 7) is 0. The van der Waals surface area contributed by atoms with E-state index in [9.17, 15) is 14.7 Å². The molecule has 118 valence electrons. The smallest absolute Gasteiger partial charge is 0.309 e. The lowest BCUT2D eigenvalue weighted by atomic mass is 9.52. The molecule has 4 nitrogen and oxygen atoms in total. The number of aliphatic carboxylic acids is 1. The van der Waals surface area contributed by atoms with Gasteiger partial charge in [-0.15, -0.1) is 0 Å². The quantitative estimate of drug-likeness (QED) is 0.807. The number of carbonyl (C=O) groups is 2. The van der Waals surface area contributed by atoms with Crippen LogP contribution in [0.4, 0.5) is 0 Å². The van der Waals surface area contributed by atoms with Crippen molar-refractivity contribution < 1.29 is 19.4 Å². The molecule has 1 fully saturated rings. The Labute approximate surface area is 134 Å². The predicted molar refractivity (Wildman–Crippen MR) is 82.4 cm³/mol. The SMILES string of the molecule is COC(=O)C1[C@@H](c2ccccc2)C(C(=O)[O-])[C@@H]1c1ccccc1. The molecule has 0 heterocycles. The molecular formula is C19H17O4-. The monoisotopic (exact) mass is 309 g/mol. The highest BCUT2D eigenvalue weighted by Gasteiger charge is 2.56. The molecule has 0 spiro atoms. The summed E-state index contributed by atoms with van der Waals surface area (Å²) in [5, 5.41) is 11.7. The average molecular weight is 309 g/mol. The number of hydrogen-bond acceptors (Lipinski definition) is 4. The van der Waals surface area contributed by atoms with Gasteiger partial charge in [-0.05, 0) is 11.1 Å². The lowest BCUT2D eigenvalue weighted by Gasteiger charge is -2.51. The normalized spacial score (nSPS) is 26.1. The maximum absolute atomic E-state index is 12.3. The van der Waals surface area contributed by atoms with E-state index in [2.05, 4.69) is 0 Å². The van der Waals surface area contributed by atoms with Crippen LogP contribution in [0.15, 0.2) is 60.7 Å². The molecule has 23 heavy (non-hydrogen) atoms. The Kier molecular flexibility index (Phi) is 4.15. The van der Waals surface area contributed by atoms with Gasteiger partial charge in [-0.3, -0.25) is 4.79 Å². The molecule has 0 saturated heterocycles. The molecule has 2 aromatic carbocycles. The first-order chi connectivity index (χ1) is 11.1. The Morgan fingerprint density at radius 1 is 0.826 bits per heavy atom. The van der Waals surface area contributed by atoms with Gasteiger partial charge < -0.3 is 14.6 Å². The number of benzene rings is 2. The molecule has 1 aliphatic carbocycles. The zero-order valence-electron chi connectivity index (χ0n) is 12.7. The highest BCUT2D eigenvalue weighted by Crippen LogP contribution is 2.57. The van der Waals surface area contributed by atoms with Crippen LogP contribution in [0, 0.1) is 11.8 Å². The molecular weight excluding hydrogens is 292 g/mol. The zero-order chi connectivity index (χ0) is 16.4. The molecule has 4 heteroatoms. The summed E-state index contributed by atoms with van der Waals surface area (Å²) in [5.74, 6) is -3.65. The summed E-state index contributed by atoms with van der Waals surface area (Å²) >= 11 is 0. The third kappa shape index (κ3) is 2.61. The van der Waals surface area contributed by atoms with Crippen molar-refractivity contribution in [1.29, 1.82) is 0 Å². The van der Waals surface area contributed by atoms with Crippen LogP contribution in [-0.2, 0) is 14.3 Å². The van der Waals surface area contributed by atoms with E-state index in [1.807, 2.05) is 60.7 Å². The second-order valence-corrected chi connectivity index (χ2v) is 5.77. The van der Waals surface area contributed by atoms with E-state index in [0.29, 0.717) is 0 Å². The van der Waals surface area contributed by atoms with Crippen molar-refractivity contribution in [3.63, 3.8) is 0 Å². The third-order valence-electron chi connectivity index (χ3n) is 4.66. The van der Waals surface area contributed by atoms with E-state index < -0.39 is 29.6 Å². The minimum absolute atomic E-state index is 0.384. The number of rotatable bonds is 4. The van der Waals surface area contributed by atoms with Crippen LogP contribution in [0.3, 0.4) is 0 Å². The van der Waals surface area contributed by atoms with Gasteiger partial charge in [0.15, 0.2) is 0 Å². The Morgan fingerprint density at radius 3 is 1.61 bits per heavy atom. The predicted octanol–water partition coefficient (Wildman–Crippen LogP) is 1.72. The van der Waals surface area contributed by atoms with Gasteiger partial charge in [0.1, 0.15) is 0 Å². The van der Waals surface area contributed by atoms with Gasteiger partial charge in [0.05, 0.1) is 13.0 Å². The van der Waals surface area contributed by atoms with Gasteiger partial charge in [-0.2, -0.15) is 0 Å². The van der Waals surface area contributed by atoms with E-state index in [0.717, 1.165) is 11.1 Å². The van der Waals surface area contributed by atoms with Crippen molar-refractivity contribution in [2.45, 2.75) is 11.8 Å². The average Bonchev–Trinajstić information content (AvgIpc) is 2.55. The molecule has 1 aliphatic rings. The fourth-order valence-corrected chi connectivity index (χ4v) is 3.65. The van der Waals surface area contributed by atoms with Crippen LogP contribution in [0.5, 0.6) is 0 Å². The highest BCUT2D eigenvalue weighted by molar-refractivity contribution is 5.83. The molecule has 2 aromatic rings. The summed E-state index contributed by atoms with van der Waals surface area (Å²) < 4.78 is 4.93. The largest absolute Gasteiger partial charge is 0.550 e.